The van der Waals surface area contributed by atoms with Crippen molar-refractivity contribution in [2.45, 2.75) is 45.6 Å². The Kier molecular flexibility index (Phi) is 6.81. The van der Waals surface area contributed by atoms with Crippen LogP contribution in [0.2, 0.25) is 0 Å². The third-order valence-corrected chi connectivity index (χ3v) is 5.68. The van der Waals surface area contributed by atoms with Crippen molar-refractivity contribution in [1.29, 1.82) is 0 Å². The van der Waals surface area contributed by atoms with Gasteiger partial charge in [-0.25, -0.2) is 4.98 Å². The van der Waals surface area contributed by atoms with E-state index in [0.29, 0.717) is 35.5 Å². The molecule has 1 fully saturated rings. The molecule has 7 heteroatoms. The summed E-state index contributed by atoms with van der Waals surface area (Å²) in [6, 6.07) is 7.24. The molecule has 144 valence electrons. The molecule has 3 rings (SSSR count). The summed E-state index contributed by atoms with van der Waals surface area (Å²) >= 11 is 1.35. The molecule has 0 atom stereocenters. The molecule has 1 aliphatic carbocycles. The quantitative estimate of drug-likeness (QED) is 0.753. The second kappa shape index (κ2) is 9.50. The van der Waals surface area contributed by atoms with Crippen LogP contribution in [0.15, 0.2) is 30.5 Å². The number of nitrogens with zero attached hydrogens (tertiary/aromatic N) is 1. The van der Waals surface area contributed by atoms with Gasteiger partial charge in [-0.2, -0.15) is 0 Å². The van der Waals surface area contributed by atoms with Crippen molar-refractivity contribution in [3.63, 3.8) is 0 Å². The molecule has 2 aromatic rings. The maximum Gasteiger partial charge on any atom is 0.266 e. The number of carbonyl (C=O) groups is 2. The lowest BCUT2D eigenvalue weighted by Crippen LogP contribution is -2.18. The zero-order valence-electron chi connectivity index (χ0n) is 15.5. The summed E-state index contributed by atoms with van der Waals surface area (Å²) in [5.41, 5.74) is 0. The van der Waals surface area contributed by atoms with Gasteiger partial charge in [-0.05, 0) is 43.0 Å². The first-order chi connectivity index (χ1) is 13.1. The Balaban J connectivity index is 1.59. The number of ether oxygens (including phenoxy) is 1. The summed E-state index contributed by atoms with van der Waals surface area (Å²) in [6.07, 6.45) is 7.89. The first-order valence-corrected chi connectivity index (χ1v) is 10.2. The van der Waals surface area contributed by atoms with Gasteiger partial charge in [-0.1, -0.05) is 19.3 Å². The van der Waals surface area contributed by atoms with E-state index in [1.54, 1.807) is 12.3 Å². The maximum absolute atomic E-state index is 12.5. The Labute approximate surface area is 163 Å². The van der Waals surface area contributed by atoms with Crippen LogP contribution in [-0.2, 0) is 11.3 Å². The van der Waals surface area contributed by atoms with E-state index in [4.69, 9.17) is 4.74 Å². The van der Waals surface area contributed by atoms with Gasteiger partial charge in [-0.15, -0.1) is 11.3 Å². The van der Waals surface area contributed by atoms with Gasteiger partial charge >= 0.3 is 0 Å². The molecule has 0 bridgehead atoms. The fourth-order valence-corrected chi connectivity index (χ4v) is 3.98. The molecule has 2 N–H and O–H groups in total. The van der Waals surface area contributed by atoms with Crippen LogP contribution in [0.25, 0.3) is 0 Å². The van der Waals surface area contributed by atoms with Crippen LogP contribution >= 0.6 is 11.3 Å². The number of amides is 2. The molecule has 0 aliphatic heterocycles. The Hall–Kier alpha value is -2.41. The van der Waals surface area contributed by atoms with Crippen molar-refractivity contribution in [1.82, 2.24) is 10.3 Å². The highest BCUT2D eigenvalue weighted by molar-refractivity contribution is 7.14. The number of anilines is 1. The third-order valence-electron chi connectivity index (χ3n) is 4.60. The summed E-state index contributed by atoms with van der Waals surface area (Å²) in [5, 5.41) is 5.57. The second-order valence-corrected chi connectivity index (χ2v) is 7.96. The molecule has 0 radical (unpaired) electrons. The first-order valence-electron chi connectivity index (χ1n) is 9.34. The van der Waals surface area contributed by atoms with Crippen LogP contribution in [-0.4, -0.2) is 23.4 Å². The van der Waals surface area contributed by atoms with Crippen LogP contribution in [0.3, 0.4) is 0 Å². The molecule has 2 heterocycles. The van der Waals surface area contributed by atoms with E-state index in [0.717, 1.165) is 4.88 Å². The standard InChI is InChI=1S/C20H25N3O3S/c1-14(24)22-12-16-9-10-18(27-16)20(25)23-19-17(8-5-11-21-19)26-13-15-6-3-2-4-7-15/h5,8-11,15H,2-4,6-7,12-13H2,1H3,(H,22,24)(H,21,23,25). The van der Waals surface area contributed by atoms with Gasteiger partial charge in [0.1, 0.15) is 0 Å². The molecule has 0 unspecified atom stereocenters. The molecule has 0 aromatic carbocycles. The summed E-state index contributed by atoms with van der Waals surface area (Å²) in [6.45, 7) is 2.55. The number of rotatable bonds is 7. The van der Waals surface area contributed by atoms with Crippen molar-refractivity contribution in [2.75, 3.05) is 11.9 Å². The molecule has 1 saturated carbocycles. The van der Waals surface area contributed by atoms with Gasteiger partial charge < -0.3 is 15.4 Å². The minimum Gasteiger partial charge on any atom is -0.489 e. The molecule has 0 spiro atoms. The highest BCUT2D eigenvalue weighted by Crippen LogP contribution is 2.27. The van der Waals surface area contributed by atoms with Crippen molar-refractivity contribution in [3.05, 3.63) is 40.2 Å². The summed E-state index contributed by atoms with van der Waals surface area (Å²) in [4.78, 5) is 29.3. The topological polar surface area (TPSA) is 80.3 Å². The number of aromatic nitrogens is 1. The maximum atomic E-state index is 12.5. The van der Waals surface area contributed by atoms with Gasteiger partial charge in [0.2, 0.25) is 5.91 Å². The average molecular weight is 388 g/mol. The highest BCUT2D eigenvalue weighted by atomic mass is 32.1. The minimum absolute atomic E-state index is 0.0948. The lowest BCUT2D eigenvalue weighted by molar-refractivity contribution is -0.119. The van der Waals surface area contributed by atoms with Gasteiger partial charge in [-0.3, -0.25) is 9.59 Å². The molecule has 2 aromatic heterocycles. The Morgan fingerprint density at radius 2 is 2.04 bits per heavy atom. The van der Waals surface area contributed by atoms with E-state index in [1.165, 1.54) is 50.4 Å². The van der Waals surface area contributed by atoms with Crippen LogP contribution < -0.4 is 15.4 Å². The summed E-state index contributed by atoms with van der Waals surface area (Å²) in [5.74, 6) is 1.30. The predicted octanol–water partition coefficient (Wildman–Crippen LogP) is 3.99. The van der Waals surface area contributed by atoms with Crippen LogP contribution in [0.5, 0.6) is 5.75 Å². The fraction of sp³-hybridized carbons (Fsp3) is 0.450. The van der Waals surface area contributed by atoms with Gasteiger partial charge in [0.15, 0.2) is 11.6 Å². The van der Waals surface area contributed by atoms with Crippen LogP contribution in [0, 0.1) is 5.92 Å². The first kappa shape index (κ1) is 19.4. The van der Waals surface area contributed by atoms with E-state index in [1.807, 2.05) is 18.2 Å². The monoisotopic (exact) mass is 387 g/mol. The summed E-state index contributed by atoms with van der Waals surface area (Å²) < 4.78 is 5.96. The largest absolute Gasteiger partial charge is 0.489 e. The molecule has 2 amide bonds. The van der Waals surface area contributed by atoms with E-state index < -0.39 is 0 Å². The van der Waals surface area contributed by atoms with Gasteiger partial charge in [0.05, 0.1) is 18.0 Å². The Morgan fingerprint density at radius 3 is 2.81 bits per heavy atom. The third kappa shape index (κ3) is 5.79. The lowest BCUT2D eigenvalue weighted by atomic mass is 9.90. The predicted molar refractivity (Wildman–Crippen MR) is 106 cm³/mol. The Morgan fingerprint density at radius 1 is 1.22 bits per heavy atom. The number of carbonyl (C=O) groups excluding carboxylic acids is 2. The highest BCUT2D eigenvalue weighted by Gasteiger charge is 2.17. The van der Waals surface area contributed by atoms with Gasteiger partial charge in [0, 0.05) is 18.0 Å². The summed E-state index contributed by atoms with van der Waals surface area (Å²) in [7, 11) is 0. The number of nitrogens with one attached hydrogen (secondary N) is 2. The lowest BCUT2D eigenvalue weighted by Gasteiger charge is -2.22. The number of hydrogen-bond acceptors (Lipinski definition) is 5. The SMILES string of the molecule is CC(=O)NCc1ccc(C(=O)Nc2ncccc2OCC2CCCCC2)s1. The zero-order chi connectivity index (χ0) is 19.1. The molecule has 1 aliphatic rings. The molecular formula is C20H25N3O3S. The zero-order valence-corrected chi connectivity index (χ0v) is 16.3. The van der Waals surface area contributed by atoms with Crippen molar-refractivity contribution < 1.29 is 14.3 Å². The number of thiophene rings is 1. The van der Waals surface area contributed by atoms with Crippen LogP contribution in [0.4, 0.5) is 5.82 Å². The minimum atomic E-state index is -0.227. The number of hydrogen-bond donors (Lipinski definition) is 2. The van der Waals surface area contributed by atoms with Crippen molar-refractivity contribution in [2.24, 2.45) is 5.92 Å². The van der Waals surface area contributed by atoms with E-state index in [2.05, 4.69) is 15.6 Å². The molecular weight excluding hydrogens is 362 g/mol. The number of pyridine rings is 1. The molecule has 27 heavy (non-hydrogen) atoms. The Bertz CT molecular complexity index is 784. The molecule has 0 saturated heterocycles. The normalized spacial score (nSPS) is 14.6. The molecule has 6 nitrogen and oxygen atoms in total. The smallest absolute Gasteiger partial charge is 0.266 e. The van der Waals surface area contributed by atoms with Gasteiger partial charge in [0.25, 0.3) is 5.91 Å². The van der Waals surface area contributed by atoms with Crippen molar-refractivity contribution >= 4 is 29.0 Å². The van der Waals surface area contributed by atoms with E-state index in [9.17, 15) is 9.59 Å². The second-order valence-electron chi connectivity index (χ2n) is 6.80. The van der Waals surface area contributed by atoms with E-state index >= 15 is 0 Å². The fourth-order valence-electron chi connectivity index (χ4n) is 3.14. The van der Waals surface area contributed by atoms with E-state index in [-0.39, 0.29) is 11.8 Å². The van der Waals surface area contributed by atoms with Crippen molar-refractivity contribution in [3.8, 4) is 5.75 Å². The van der Waals surface area contributed by atoms with Crippen LogP contribution in [0.1, 0.15) is 53.6 Å². The average Bonchev–Trinajstić information content (AvgIpc) is 3.16.